The van der Waals surface area contributed by atoms with Gasteiger partial charge in [-0.25, -0.2) is 4.39 Å². The Labute approximate surface area is 119 Å². The summed E-state index contributed by atoms with van der Waals surface area (Å²) in [6, 6.07) is 4.91. The summed E-state index contributed by atoms with van der Waals surface area (Å²) in [6.45, 7) is 9.29. The number of rotatable bonds is 3. The molecule has 1 fully saturated rings. The summed E-state index contributed by atoms with van der Waals surface area (Å²) in [5, 5.41) is 3.97. The molecule has 0 aliphatic carbocycles. The molecule has 1 heterocycles. The van der Waals surface area contributed by atoms with Crippen LogP contribution in [0.3, 0.4) is 0 Å². The van der Waals surface area contributed by atoms with Crippen LogP contribution in [0.5, 0.6) is 0 Å². The zero-order valence-corrected chi connectivity index (χ0v) is 12.6. The summed E-state index contributed by atoms with van der Waals surface area (Å²) >= 11 is 5.78. The highest BCUT2D eigenvalue weighted by Gasteiger charge is 2.25. The molecular weight excluding hydrogens is 263 g/mol. The minimum absolute atomic E-state index is 0.138. The van der Waals surface area contributed by atoms with Gasteiger partial charge < -0.3 is 10.2 Å². The summed E-state index contributed by atoms with van der Waals surface area (Å²) < 4.78 is 13.9. The maximum atomic E-state index is 13.9. The van der Waals surface area contributed by atoms with Crippen LogP contribution in [-0.2, 0) is 0 Å². The van der Waals surface area contributed by atoms with E-state index in [-0.39, 0.29) is 11.4 Å². The smallest absolute Gasteiger partial charge is 0.147 e. The summed E-state index contributed by atoms with van der Waals surface area (Å²) in [4.78, 5) is 2.11. The highest BCUT2D eigenvalue weighted by atomic mass is 35.5. The van der Waals surface area contributed by atoms with Gasteiger partial charge in [0.25, 0.3) is 0 Å². The number of halogens is 2. The Morgan fingerprint density at radius 2 is 2.16 bits per heavy atom. The summed E-state index contributed by atoms with van der Waals surface area (Å²) in [5.74, 6) is 0.353. The average Bonchev–Trinajstić information content (AvgIpc) is 2.74. The molecule has 1 aliphatic heterocycles. The molecule has 1 aromatic carbocycles. The first-order valence-electron chi connectivity index (χ1n) is 6.80. The van der Waals surface area contributed by atoms with E-state index in [0.29, 0.717) is 16.6 Å². The zero-order chi connectivity index (χ0) is 14.0. The lowest BCUT2D eigenvalue weighted by atomic mass is 10.1. The number of hydrogen-bond donors (Lipinski definition) is 1. The number of hydrogen-bond acceptors (Lipinski definition) is 2. The van der Waals surface area contributed by atoms with Crippen LogP contribution in [0.15, 0.2) is 18.2 Å². The second kappa shape index (κ2) is 5.68. The fraction of sp³-hybridized carbons (Fsp3) is 0.600. The van der Waals surface area contributed by atoms with E-state index in [1.807, 2.05) is 0 Å². The standard InChI is InChI=1S/C15H22ClFN2/c1-15(2,3)18-9-11-6-7-19(10-11)14-5-4-12(16)8-13(14)17/h4-5,8,11,18H,6-7,9-10H2,1-3H3. The van der Waals surface area contributed by atoms with Crippen molar-refractivity contribution in [1.82, 2.24) is 5.32 Å². The Morgan fingerprint density at radius 1 is 1.42 bits per heavy atom. The predicted octanol–water partition coefficient (Wildman–Crippen LogP) is 3.69. The lowest BCUT2D eigenvalue weighted by molar-refractivity contribution is 0.383. The molecule has 4 heteroatoms. The molecule has 0 saturated carbocycles. The molecule has 0 aromatic heterocycles. The van der Waals surface area contributed by atoms with Gasteiger partial charge in [-0.15, -0.1) is 0 Å². The second-order valence-electron chi connectivity index (χ2n) is 6.33. The maximum Gasteiger partial charge on any atom is 0.147 e. The lowest BCUT2D eigenvalue weighted by Crippen LogP contribution is -2.39. The third-order valence-electron chi connectivity index (χ3n) is 3.46. The van der Waals surface area contributed by atoms with Crippen LogP contribution in [0.25, 0.3) is 0 Å². The Morgan fingerprint density at radius 3 is 2.79 bits per heavy atom. The van der Waals surface area contributed by atoms with Gasteiger partial charge >= 0.3 is 0 Å². The van der Waals surface area contributed by atoms with Crippen LogP contribution >= 0.6 is 11.6 Å². The van der Waals surface area contributed by atoms with E-state index in [1.165, 1.54) is 6.07 Å². The van der Waals surface area contributed by atoms with Crippen molar-refractivity contribution >= 4 is 17.3 Å². The zero-order valence-electron chi connectivity index (χ0n) is 11.8. The maximum absolute atomic E-state index is 13.9. The van der Waals surface area contributed by atoms with Gasteiger partial charge in [-0.1, -0.05) is 11.6 Å². The predicted molar refractivity (Wildman–Crippen MR) is 79.5 cm³/mol. The lowest BCUT2D eigenvalue weighted by Gasteiger charge is -2.24. The van der Waals surface area contributed by atoms with Crippen molar-refractivity contribution < 1.29 is 4.39 Å². The van der Waals surface area contributed by atoms with Gasteiger partial charge in [0.1, 0.15) is 5.82 Å². The van der Waals surface area contributed by atoms with Crippen LogP contribution < -0.4 is 10.2 Å². The van der Waals surface area contributed by atoms with Gasteiger partial charge in [0.15, 0.2) is 0 Å². The molecule has 0 bridgehead atoms. The minimum atomic E-state index is -0.225. The Hall–Kier alpha value is -0.800. The average molecular weight is 285 g/mol. The van der Waals surface area contributed by atoms with Gasteiger partial charge in [0, 0.05) is 30.2 Å². The summed E-state index contributed by atoms with van der Waals surface area (Å²) in [5.41, 5.74) is 0.807. The molecule has 0 spiro atoms. The molecule has 2 rings (SSSR count). The number of benzene rings is 1. The van der Waals surface area contributed by atoms with Gasteiger partial charge in [0.2, 0.25) is 0 Å². The molecule has 0 radical (unpaired) electrons. The van der Waals surface area contributed by atoms with Crippen LogP contribution in [0.2, 0.25) is 5.02 Å². The van der Waals surface area contributed by atoms with Crippen LogP contribution in [0.4, 0.5) is 10.1 Å². The summed E-state index contributed by atoms with van der Waals surface area (Å²) in [7, 11) is 0. The molecule has 1 aromatic rings. The first kappa shape index (κ1) is 14.6. The third-order valence-corrected chi connectivity index (χ3v) is 3.69. The molecular formula is C15H22ClFN2. The highest BCUT2D eigenvalue weighted by Crippen LogP contribution is 2.28. The van der Waals surface area contributed by atoms with E-state index in [2.05, 4.69) is 31.0 Å². The SMILES string of the molecule is CC(C)(C)NCC1CCN(c2ccc(Cl)cc2F)C1. The van der Waals surface area contributed by atoms with Crippen molar-refractivity contribution in [2.24, 2.45) is 5.92 Å². The minimum Gasteiger partial charge on any atom is -0.369 e. The highest BCUT2D eigenvalue weighted by molar-refractivity contribution is 6.30. The normalized spacial score (nSPS) is 20.1. The summed E-state index contributed by atoms with van der Waals surface area (Å²) in [6.07, 6.45) is 1.10. The van der Waals surface area contributed by atoms with E-state index < -0.39 is 0 Å². The van der Waals surface area contributed by atoms with Crippen molar-refractivity contribution in [3.63, 3.8) is 0 Å². The Balaban J connectivity index is 1.94. The van der Waals surface area contributed by atoms with Crippen molar-refractivity contribution in [3.8, 4) is 0 Å². The topological polar surface area (TPSA) is 15.3 Å². The quantitative estimate of drug-likeness (QED) is 0.911. The van der Waals surface area contributed by atoms with Gasteiger partial charge in [-0.2, -0.15) is 0 Å². The molecule has 19 heavy (non-hydrogen) atoms. The van der Waals surface area contributed by atoms with Gasteiger partial charge in [0.05, 0.1) is 5.69 Å². The largest absolute Gasteiger partial charge is 0.369 e. The molecule has 1 aliphatic rings. The second-order valence-corrected chi connectivity index (χ2v) is 6.76. The van der Waals surface area contributed by atoms with Crippen molar-refractivity contribution in [3.05, 3.63) is 29.0 Å². The Bertz CT molecular complexity index is 442. The van der Waals surface area contributed by atoms with E-state index in [0.717, 1.165) is 26.1 Å². The molecule has 0 amide bonds. The third kappa shape index (κ3) is 4.08. The van der Waals surface area contributed by atoms with Crippen molar-refractivity contribution in [2.45, 2.75) is 32.7 Å². The van der Waals surface area contributed by atoms with Gasteiger partial charge in [-0.3, -0.25) is 0 Å². The van der Waals surface area contributed by atoms with E-state index in [1.54, 1.807) is 12.1 Å². The number of nitrogens with one attached hydrogen (secondary N) is 1. The molecule has 1 unspecified atom stereocenters. The van der Waals surface area contributed by atoms with E-state index in [4.69, 9.17) is 11.6 Å². The van der Waals surface area contributed by atoms with E-state index in [9.17, 15) is 4.39 Å². The first-order valence-corrected chi connectivity index (χ1v) is 7.18. The van der Waals surface area contributed by atoms with Crippen molar-refractivity contribution in [2.75, 3.05) is 24.5 Å². The van der Waals surface area contributed by atoms with E-state index >= 15 is 0 Å². The van der Waals surface area contributed by atoms with Crippen LogP contribution in [-0.4, -0.2) is 25.2 Å². The first-order chi connectivity index (χ1) is 8.85. The molecule has 2 nitrogen and oxygen atoms in total. The molecule has 1 N–H and O–H groups in total. The molecule has 1 atom stereocenters. The van der Waals surface area contributed by atoms with Crippen LogP contribution in [0.1, 0.15) is 27.2 Å². The monoisotopic (exact) mass is 284 g/mol. The van der Waals surface area contributed by atoms with Crippen LogP contribution in [0, 0.1) is 11.7 Å². The van der Waals surface area contributed by atoms with Crippen molar-refractivity contribution in [1.29, 1.82) is 0 Å². The molecule has 106 valence electrons. The fourth-order valence-corrected chi connectivity index (χ4v) is 2.57. The van der Waals surface area contributed by atoms with Gasteiger partial charge in [-0.05, 0) is 51.3 Å². The number of nitrogens with zero attached hydrogens (tertiary/aromatic N) is 1. The molecule has 1 saturated heterocycles. The Kier molecular flexibility index (Phi) is 4.36. The number of anilines is 1. The fourth-order valence-electron chi connectivity index (χ4n) is 2.41.